The van der Waals surface area contributed by atoms with E-state index in [1.54, 1.807) is 0 Å². The van der Waals surface area contributed by atoms with Crippen LogP contribution in [0.4, 0.5) is 0 Å². The highest BCUT2D eigenvalue weighted by Crippen LogP contribution is 2.22. The second-order valence-corrected chi connectivity index (χ2v) is 3.11. The van der Waals surface area contributed by atoms with Crippen LogP contribution in [-0.4, -0.2) is 0 Å². The molecule has 1 heteroatoms. The van der Waals surface area contributed by atoms with Crippen LogP contribution >= 0.6 is 0 Å². The maximum atomic E-state index is 5.50. The molecule has 0 saturated carbocycles. The van der Waals surface area contributed by atoms with Crippen molar-refractivity contribution in [3.8, 4) is 0 Å². The second kappa shape index (κ2) is 4.15. The van der Waals surface area contributed by atoms with Gasteiger partial charge >= 0.3 is 0 Å². The lowest BCUT2D eigenvalue weighted by Crippen LogP contribution is -1.98. The summed E-state index contributed by atoms with van der Waals surface area (Å²) >= 11 is 0. The van der Waals surface area contributed by atoms with E-state index in [1.807, 2.05) is 6.08 Å². The summed E-state index contributed by atoms with van der Waals surface area (Å²) < 4.78 is 5.50. The van der Waals surface area contributed by atoms with Crippen molar-refractivity contribution in [2.45, 2.75) is 33.1 Å². The van der Waals surface area contributed by atoms with Gasteiger partial charge in [-0.15, -0.1) is 0 Å². The lowest BCUT2D eigenvalue weighted by molar-refractivity contribution is 0.295. The molecule has 1 aliphatic heterocycles. The number of ether oxygens (including phenoxy) is 1. The second-order valence-electron chi connectivity index (χ2n) is 3.11. The van der Waals surface area contributed by atoms with Gasteiger partial charge in [0.1, 0.15) is 11.5 Å². The highest BCUT2D eigenvalue weighted by molar-refractivity contribution is 5.30. The number of rotatable bonds is 3. The number of allylic oxidation sites excluding steroid dienone is 4. The van der Waals surface area contributed by atoms with Crippen molar-refractivity contribution < 1.29 is 4.74 Å². The van der Waals surface area contributed by atoms with E-state index in [9.17, 15) is 0 Å². The van der Waals surface area contributed by atoms with Crippen molar-refractivity contribution in [2.24, 2.45) is 0 Å². The Labute approximate surface area is 74.4 Å². The Bertz CT molecular complexity index is 233. The van der Waals surface area contributed by atoms with Gasteiger partial charge in [0.15, 0.2) is 0 Å². The van der Waals surface area contributed by atoms with E-state index in [4.69, 9.17) is 4.74 Å². The molecule has 0 spiro atoms. The largest absolute Gasteiger partial charge is 0.462 e. The summed E-state index contributed by atoms with van der Waals surface area (Å²) in [7, 11) is 0. The predicted octanol–water partition coefficient (Wildman–Crippen LogP) is 3.55. The summed E-state index contributed by atoms with van der Waals surface area (Å²) in [5.41, 5.74) is 1.23. The normalized spacial score (nSPS) is 16.7. The zero-order chi connectivity index (χ0) is 8.97. The summed E-state index contributed by atoms with van der Waals surface area (Å²) in [5, 5.41) is 0. The minimum Gasteiger partial charge on any atom is -0.462 e. The van der Waals surface area contributed by atoms with Crippen LogP contribution in [0.3, 0.4) is 0 Å². The Kier molecular flexibility index (Phi) is 3.15. The molecule has 0 aromatic carbocycles. The summed E-state index contributed by atoms with van der Waals surface area (Å²) in [4.78, 5) is 0. The molecule has 66 valence electrons. The highest BCUT2D eigenvalue weighted by Gasteiger charge is 2.07. The smallest absolute Gasteiger partial charge is 0.119 e. The molecule has 0 aromatic rings. The number of unbranched alkanes of at least 4 members (excludes halogenated alkanes) is 1. The van der Waals surface area contributed by atoms with Crippen molar-refractivity contribution in [3.63, 3.8) is 0 Å². The third-order valence-electron chi connectivity index (χ3n) is 1.97. The van der Waals surface area contributed by atoms with Gasteiger partial charge in [-0.05, 0) is 25.0 Å². The van der Waals surface area contributed by atoms with E-state index in [0.717, 1.165) is 17.9 Å². The molecule has 1 nitrogen and oxygen atoms in total. The zero-order valence-corrected chi connectivity index (χ0v) is 7.89. The third kappa shape index (κ3) is 2.26. The predicted molar refractivity (Wildman–Crippen MR) is 51.6 cm³/mol. The van der Waals surface area contributed by atoms with Gasteiger partial charge in [-0.3, -0.25) is 0 Å². The molecule has 1 aliphatic rings. The molecule has 1 heterocycles. The van der Waals surface area contributed by atoms with Crippen molar-refractivity contribution in [3.05, 3.63) is 35.8 Å². The quantitative estimate of drug-likeness (QED) is 0.619. The SMILES string of the molecule is C=C1C=CC(C)=C(CCCC)O1. The van der Waals surface area contributed by atoms with E-state index in [-0.39, 0.29) is 0 Å². The third-order valence-corrected chi connectivity index (χ3v) is 1.97. The maximum Gasteiger partial charge on any atom is 0.119 e. The van der Waals surface area contributed by atoms with E-state index in [1.165, 1.54) is 18.4 Å². The molecular weight excluding hydrogens is 148 g/mol. The van der Waals surface area contributed by atoms with Crippen LogP contribution in [0.2, 0.25) is 0 Å². The Hall–Kier alpha value is -0.980. The molecule has 12 heavy (non-hydrogen) atoms. The maximum absolute atomic E-state index is 5.50. The van der Waals surface area contributed by atoms with Crippen LogP contribution in [0, 0.1) is 0 Å². The minimum absolute atomic E-state index is 0.756. The zero-order valence-electron chi connectivity index (χ0n) is 7.89. The Morgan fingerprint density at radius 3 is 2.83 bits per heavy atom. The minimum atomic E-state index is 0.756. The Morgan fingerprint density at radius 1 is 1.42 bits per heavy atom. The van der Waals surface area contributed by atoms with Gasteiger partial charge in [0.2, 0.25) is 0 Å². The van der Waals surface area contributed by atoms with Gasteiger partial charge in [0, 0.05) is 6.42 Å². The average molecular weight is 164 g/mol. The molecular formula is C11H16O. The topological polar surface area (TPSA) is 9.23 Å². The Morgan fingerprint density at radius 2 is 2.17 bits per heavy atom. The van der Waals surface area contributed by atoms with E-state index < -0.39 is 0 Å². The van der Waals surface area contributed by atoms with Crippen LogP contribution < -0.4 is 0 Å². The monoisotopic (exact) mass is 164 g/mol. The molecule has 0 saturated heterocycles. The molecule has 0 fully saturated rings. The number of hydrogen-bond donors (Lipinski definition) is 0. The molecule has 0 radical (unpaired) electrons. The lowest BCUT2D eigenvalue weighted by atomic mass is 10.1. The average Bonchev–Trinajstić information content (AvgIpc) is 2.07. The molecule has 0 bridgehead atoms. The van der Waals surface area contributed by atoms with Gasteiger partial charge in [-0.2, -0.15) is 0 Å². The van der Waals surface area contributed by atoms with Gasteiger partial charge in [-0.25, -0.2) is 0 Å². The van der Waals surface area contributed by atoms with Crippen LogP contribution in [-0.2, 0) is 4.74 Å². The summed E-state index contributed by atoms with van der Waals surface area (Å²) in [6.07, 6.45) is 7.40. The highest BCUT2D eigenvalue weighted by atomic mass is 16.5. The van der Waals surface area contributed by atoms with Crippen LogP contribution in [0.5, 0.6) is 0 Å². The van der Waals surface area contributed by atoms with Gasteiger partial charge in [0.25, 0.3) is 0 Å². The first-order valence-corrected chi connectivity index (χ1v) is 4.48. The first-order valence-electron chi connectivity index (χ1n) is 4.48. The first kappa shape index (κ1) is 9.11. The van der Waals surface area contributed by atoms with E-state index in [0.29, 0.717) is 0 Å². The van der Waals surface area contributed by atoms with Crippen LogP contribution in [0.25, 0.3) is 0 Å². The van der Waals surface area contributed by atoms with Crippen LogP contribution in [0.1, 0.15) is 33.1 Å². The molecule has 0 unspecified atom stereocenters. The van der Waals surface area contributed by atoms with Crippen molar-refractivity contribution >= 4 is 0 Å². The Balaban J connectivity index is 2.59. The summed E-state index contributed by atoms with van der Waals surface area (Å²) in [6, 6.07) is 0. The summed E-state index contributed by atoms with van der Waals surface area (Å²) in [5.74, 6) is 1.84. The molecule has 0 atom stereocenters. The van der Waals surface area contributed by atoms with Crippen molar-refractivity contribution in [1.82, 2.24) is 0 Å². The lowest BCUT2D eigenvalue weighted by Gasteiger charge is -2.15. The summed E-state index contributed by atoms with van der Waals surface area (Å²) in [6.45, 7) is 8.02. The standard InChI is InChI=1S/C11H16O/c1-4-5-6-11-9(2)7-8-10(3)12-11/h7-8H,3-6H2,1-2H3. The first-order chi connectivity index (χ1) is 5.74. The van der Waals surface area contributed by atoms with E-state index >= 15 is 0 Å². The molecule has 1 rings (SSSR count). The van der Waals surface area contributed by atoms with Gasteiger partial charge < -0.3 is 4.74 Å². The fraction of sp³-hybridized carbons (Fsp3) is 0.455. The van der Waals surface area contributed by atoms with E-state index in [2.05, 4.69) is 26.5 Å². The molecule has 0 amide bonds. The van der Waals surface area contributed by atoms with Gasteiger partial charge in [0.05, 0.1) is 0 Å². The van der Waals surface area contributed by atoms with Crippen LogP contribution in [0.15, 0.2) is 35.8 Å². The van der Waals surface area contributed by atoms with Gasteiger partial charge in [-0.1, -0.05) is 26.0 Å². The van der Waals surface area contributed by atoms with Crippen molar-refractivity contribution in [2.75, 3.05) is 0 Å². The number of hydrogen-bond acceptors (Lipinski definition) is 1. The molecule has 0 N–H and O–H groups in total. The molecule has 0 aromatic heterocycles. The fourth-order valence-corrected chi connectivity index (χ4v) is 1.17. The van der Waals surface area contributed by atoms with Crippen molar-refractivity contribution in [1.29, 1.82) is 0 Å². The molecule has 0 aliphatic carbocycles. The fourth-order valence-electron chi connectivity index (χ4n) is 1.17.